The van der Waals surface area contributed by atoms with E-state index in [0.29, 0.717) is 13.2 Å². The minimum Gasteiger partial charge on any atom is -0.442 e. The number of hydrogen-bond donors (Lipinski definition) is 0. The number of ether oxygens (including phenoxy) is 2. The van der Waals surface area contributed by atoms with E-state index >= 15 is 0 Å². The van der Waals surface area contributed by atoms with Crippen LogP contribution in [0.2, 0.25) is 0 Å². The van der Waals surface area contributed by atoms with Crippen molar-refractivity contribution in [3.63, 3.8) is 0 Å². The molecule has 5 nitrogen and oxygen atoms in total. The summed E-state index contributed by atoms with van der Waals surface area (Å²) in [5.74, 6) is 0.153. The smallest absolute Gasteiger partial charge is 0.434 e. The molecule has 1 aromatic carbocycles. The molecule has 2 aliphatic rings. The summed E-state index contributed by atoms with van der Waals surface area (Å²) in [6, 6.07) is 9.86. The maximum atomic E-state index is 12.3. The van der Waals surface area contributed by atoms with Crippen LogP contribution in [0.1, 0.15) is 32.4 Å². The molecule has 5 heteroatoms. The van der Waals surface area contributed by atoms with Gasteiger partial charge in [0.25, 0.3) is 0 Å². The maximum Gasteiger partial charge on any atom is 0.434 e. The summed E-state index contributed by atoms with van der Waals surface area (Å²) in [7, 11) is 0. The number of fused-ring (bicyclic) bond motifs is 1. The van der Waals surface area contributed by atoms with Crippen LogP contribution in [0.3, 0.4) is 0 Å². The fourth-order valence-corrected chi connectivity index (χ4v) is 2.81. The van der Waals surface area contributed by atoms with Gasteiger partial charge in [-0.15, -0.1) is 0 Å². The van der Waals surface area contributed by atoms with E-state index in [1.54, 1.807) is 0 Å². The van der Waals surface area contributed by atoms with Crippen LogP contribution in [0, 0.1) is 5.92 Å². The highest BCUT2D eigenvalue weighted by atomic mass is 16.8. The van der Waals surface area contributed by atoms with E-state index in [1.165, 1.54) is 5.06 Å². The van der Waals surface area contributed by atoms with Crippen LogP contribution in [0.25, 0.3) is 0 Å². The van der Waals surface area contributed by atoms with Gasteiger partial charge in [-0.2, -0.15) is 5.06 Å². The zero-order chi connectivity index (χ0) is 15.0. The van der Waals surface area contributed by atoms with Crippen molar-refractivity contribution >= 4 is 6.09 Å². The minimum atomic E-state index is -0.541. The summed E-state index contributed by atoms with van der Waals surface area (Å²) >= 11 is 0. The number of nitrogens with zero attached hydrogens (tertiary/aromatic N) is 1. The van der Waals surface area contributed by atoms with Gasteiger partial charge in [0, 0.05) is 5.92 Å². The van der Waals surface area contributed by atoms with Crippen molar-refractivity contribution in [2.24, 2.45) is 5.92 Å². The Morgan fingerprint density at radius 2 is 1.95 bits per heavy atom. The minimum absolute atomic E-state index is 0.0787. The second-order valence-corrected chi connectivity index (χ2v) is 6.51. The molecule has 0 spiro atoms. The van der Waals surface area contributed by atoms with E-state index in [1.807, 2.05) is 51.1 Å². The first kappa shape index (κ1) is 14.4. The van der Waals surface area contributed by atoms with E-state index in [-0.39, 0.29) is 18.1 Å². The first-order valence-corrected chi connectivity index (χ1v) is 7.27. The van der Waals surface area contributed by atoms with Crippen LogP contribution in [0.5, 0.6) is 0 Å². The molecule has 1 amide bonds. The van der Waals surface area contributed by atoms with Gasteiger partial charge in [0.15, 0.2) is 0 Å². The highest BCUT2D eigenvalue weighted by molar-refractivity contribution is 5.67. The number of carbonyl (C=O) groups excluding carboxylic acids is 1. The van der Waals surface area contributed by atoms with Crippen LogP contribution in [-0.4, -0.2) is 36.0 Å². The van der Waals surface area contributed by atoms with Gasteiger partial charge in [-0.1, -0.05) is 30.3 Å². The van der Waals surface area contributed by atoms with Gasteiger partial charge >= 0.3 is 6.09 Å². The SMILES string of the molecule is CC(C)(C)OC(=O)N1O[C@H](c2ccccc2)[C@@H]2COC[C@@H]21. The summed E-state index contributed by atoms with van der Waals surface area (Å²) in [5, 5.41) is 1.36. The largest absolute Gasteiger partial charge is 0.442 e. The Kier molecular flexibility index (Phi) is 3.63. The zero-order valence-corrected chi connectivity index (χ0v) is 12.6. The van der Waals surface area contributed by atoms with Crippen molar-refractivity contribution in [1.82, 2.24) is 5.06 Å². The standard InChI is InChI=1S/C16H21NO4/c1-16(2,3)20-15(18)17-13-10-19-9-12(13)14(21-17)11-7-5-4-6-8-11/h4-8,12-14H,9-10H2,1-3H3/t12-,13+,14-/m1/s1. The predicted molar refractivity (Wildman–Crippen MR) is 76.4 cm³/mol. The van der Waals surface area contributed by atoms with E-state index < -0.39 is 11.7 Å². The molecule has 2 saturated heterocycles. The summed E-state index contributed by atoms with van der Waals surface area (Å²) in [6.45, 7) is 6.63. The molecule has 0 aliphatic carbocycles. The van der Waals surface area contributed by atoms with Gasteiger partial charge in [-0.3, -0.25) is 4.84 Å². The summed E-state index contributed by atoms with van der Waals surface area (Å²) in [6.07, 6.45) is -0.604. The van der Waals surface area contributed by atoms with Crippen LogP contribution in [0.4, 0.5) is 4.79 Å². The van der Waals surface area contributed by atoms with Crippen molar-refractivity contribution < 1.29 is 19.1 Å². The first-order chi connectivity index (χ1) is 9.96. The Labute approximate surface area is 124 Å². The number of hydroxylamine groups is 2. The number of hydrogen-bond acceptors (Lipinski definition) is 4. The van der Waals surface area contributed by atoms with E-state index in [2.05, 4.69) is 0 Å². The second kappa shape index (κ2) is 5.31. The molecule has 2 fully saturated rings. The lowest BCUT2D eigenvalue weighted by Gasteiger charge is -2.26. The quantitative estimate of drug-likeness (QED) is 0.798. The molecule has 0 radical (unpaired) electrons. The van der Waals surface area contributed by atoms with Crippen LogP contribution in [0.15, 0.2) is 30.3 Å². The van der Waals surface area contributed by atoms with Crippen LogP contribution >= 0.6 is 0 Å². The molecule has 0 aromatic heterocycles. The highest BCUT2D eigenvalue weighted by Gasteiger charge is 2.50. The topological polar surface area (TPSA) is 48.0 Å². The van der Waals surface area contributed by atoms with E-state index in [4.69, 9.17) is 14.3 Å². The Morgan fingerprint density at radius 3 is 2.62 bits per heavy atom. The van der Waals surface area contributed by atoms with Gasteiger partial charge < -0.3 is 9.47 Å². The van der Waals surface area contributed by atoms with Crippen LogP contribution in [-0.2, 0) is 14.3 Å². The Balaban J connectivity index is 1.80. The Hall–Kier alpha value is -1.59. The van der Waals surface area contributed by atoms with Gasteiger partial charge in [0.1, 0.15) is 11.7 Å². The van der Waals surface area contributed by atoms with Crippen molar-refractivity contribution in [2.45, 2.75) is 38.5 Å². The normalized spacial score (nSPS) is 28.5. The van der Waals surface area contributed by atoms with Gasteiger partial charge in [0.2, 0.25) is 0 Å². The van der Waals surface area contributed by atoms with Crippen molar-refractivity contribution in [2.75, 3.05) is 13.2 Å². The van der Waals surface area contributed by atoms with Gasteiger partial charge in [-0.05, 0) is 26.3 Å². The van der Waals surface area contributed by atoms with E-state index in [9.17, 15) is 4.79 Å². The third-order valence-electron chi connectivity index (χ3n) is 3.71. The molecule has 0 saturated carbocycles. The highest BCUT2D eigenvalue weighted by Crippen LogP contribution is 2.42. The fourth-order valence-electron chi connectivity index (χ4n) is 2.81. The number of amides is 1. The van der Waals surface area contributed by atoms with Gasteiger partial charge in [0.05, 0.1) is 19.3 Å². The molecular formula is C16H21NO4. The maximum absolute atomic E-state index is 12.3. The van der Waals surface area contributed by atoms with Crippen molar-refractivity contribution in [3.05, 3.63) is 35.9 Å². The second-order valence-electron chi connectivity index (χ2n) is 6.51. The summed E-state index contributed by atoms with van der Waals surface area (Å²) in [4.78, 5) is 18.2. The third-order valence-corrected chi connectivity index (χ3v) is 3.71. The average Bonchev–Trinajstić information content (AvgIpc) is 2.98. The molecule has 0 bridgehead atoms. The lowest BCUT2D eigenvalue weighted by Crippen LogP contribution is -2.40. The average molecular weight is 291 g/mol. The number of carbonyl (C=O) groups is 1. The predicted octanol–water partition coefficient (Wildman–Crippen LogP) is 2.93. The molecule has 21 heavy (non-hydrogen) atoms. The van der Waals surface area contributed by atoms with Crippen LogP contribution < -0.4 is 0 Å². The molecule has 3 rings (SSSR count). The van der Waals surface area contributed by atoms with Gasteiger partial charge in [-0.25, -0.2) is 4.79 Å². The molecule has 1 aromatic rings. The Bertz CT molecular complexity index is 511. The zero-order valence-electron chi connectivity index (χ0n) is 12.6. The number of benzene rings is 1. The lowest BCUT2D eigenvalue weighted by atomic mass is 9.93. The van der Waals surface area contributed by atoms with E-state index in [0.717, 1.165) is 5.56 Å². The van der Waals surface area contributed by atoms with Crippen molar-refractivity contribution in [1.29, 1.82) is 0 Å². The molecule has 3 atom stereocenters. The molecule has 2 heterocycles. The monoisotopic (exact) mass is 291 g/mol. The third kappa shape index (κ3) is 2.89. The molecule has 114 valence electrons. The van der Waals surface area contributed by atoms with Crippen molar-refractivity contribution in [3.8, 4) is 0 Å². The molecule has 0 N–H and O–H groups in total. The lowest BCUT2D eigenvalue weighted by molar-refractivity contribution is -0.161. The molecule has 2 aliphatic heterocycles. The fraction of sp³-hybridized carbons (Fsp3) is 0.562. The first-order valence-electron chi connectivity index (χ1n) is 7.27. The summed E-state index contributed by atoms with van der Waals surface area (Å²) in [5.41, 5.74) is 0.518. The summed E-state index contributed by atoms with van der Waals surface area (Å²) < 4.78 is 11.0. The number of rotatable bonds is 1. The molecule has 0 unspecified atom stereocenters. The Morgan fingerprint density at radius 1 is 1.24 bits per heavy atom. The molecular weight excluding hydrogens is 270 g/mol.